The van der Waals surface area contributed by atoms with Crippen molar-refractivity contribution in [3.05, 3.63) is 115 Å². The van der Waals surface area contributed by atoms with Crippen molar-refractivity contribution in [3.8, 4) is 0 Å². The van der Waals surface area contributed by atoms with Gasteiger partial charge in [0, 0.05) is 39.3 Å². The van der Waals surface area contributed by atoms with Crippen LogP contribution in [0.4, 0.5) is 4.79 Å². The molecule has 0 saturated carbocycles. The number of sulfonamides is 1. The molecule has 1 fully saturated rings. The number of amides is 1. The Morgan fingerprint density at radius 1 is 0.976 bits per heavy atom. The minimum Gasteiger partial charge on any atom is -0.445 e. The maximum absolute atomic E-state index is 13.2. The molecule has 0 spiro atoms. The van der Waals surface area contributed by atoms with Crippen molar-refractivity contribution in [1.82, 2.24) is 14.1 Å². The number of hydrogen-bond donors (Lipinski definition) is 0. The molecule has 1 atom stereocenters. The zero-order chi connectivity index (χ0) is 29.1. The number of likely N-dealkylation sites (N-methyl/N-ethyl adjacent to an activating group) is 1. The Morgan fingerprint density at radius 3 is 2.14 bits per heavy atom. The van der Waals surface area contributed by atoms with Gasteiger partial charge in [-0.3, -0.25) is 0 Å². The van der Waals surface area contributed by atoms with Gasteiger partial charge in [-0.05, 0) is 55.0 Å². The van der Waals surface area contributed by atoms with E-state index >= 15 is 0 Å². The zero-order valence-electron chi connectivity index (χ0n) is 24.3. The molecule has 9 heteroatoms. The van der Waals surface area contributed by atoms with Crippen LogP contribution < -0.4 is 0 Å². The van der Waals surface area contributed by atoms with Crippen molar-refractivity contribution < 1.29 is 17.9 Å². The number of ether oxygens (including phenoxy) is 1. The van der Waals surface area contributed by atoms with Crippen molar-refractivity contribution in [3.63, 3.8) is 0 Å². The first-order chi connectivity index (χ1) is 19.9. The van der Waals surface area contributed by atoms with Crippen LogP contribution >= 0.6 is 12.4 Å². The molecule has 1 saturated heterocycles. The number of benzene rings is 3. The van der Waals surface area contributed by atoms with E-state index in [4.69, 9.17) is 4.74 Å². The third-order valence-electron chi connectivity index (χ3n) is 7.76. The molecule has 0 aliphatic carbocycles. The summed E-state index contributed by atoms with van der Waals surface area (Å²) in [7, 11) is -1.91. The van der Waals surface area contributed by atoms with Crippen LogP contribution in [0.5, 0.6) is 0 Å². The third kappa shape index (κ3) is 9.16. The van der Waals surface area contributed by atoms with Crippen molar-refractivity contribution in [2.45, 2.75) is 42.7 Å². The highest BCUT2D eigenvalue weighted by Gasteiger charge is 2.29. The van der Waals surface area contributed by atoms with Gasteiger partial charge >= 0.3 is 6.09 Å². The van der Waals surface area contributed by atoms with E-state index in [0.717, 1.165) is 50.0 Å². The minimum atomic E-state index is -3.58. The Kier molecular flexibility index (Phi) is 13.1. The summed E-state index contributed by atoms with van der Waals surface area (Å²) in [6, 6.07) is 28.5. The molecule has 0 bridgehead atoms. The zero-order valence-corrected chi connectivity index (χ0v) is 25.9. The van der Waals surface area contributed by atoms with Gasteiger partial charge in [-0.1, -0.05) is 84.9 Å². The predicted molar refractivity (Wildman–Crippen MR) is 170 cm³/mol. The monoisotopic (exact) mass is 611 g/mol. The van der Waals surface area contributed by atoms with Crippen LogP contribution in [-0.2, 0) is 21.4 Å². The number of carbonyl (C=O) groups excluding carboxylic acids is 1. The summed E-state index contributed by atoms with van der Waals surface area (Å²) in [4.78, 5) is 17.5. The van der Waals surface area contributed by atoms with Crippen LogP contribution in [0.2, 0.25) is 0 Å². The predicted octanol–water partition coefficient (Wildman–Crippen LogP) is 6.19. The largest absolute Gasteiger partial charge is 0.445 e. The summed E-state index contributed by atoms with van der Waals surface area (Å²) in [6.07, 6.45) is 3.98. The molecule has 4 rings (SSSR count). The number of likely N-dealkylation sites (tertiary alicyclic amines) is 1. The number of piperidine rings is 1. The van der Waals surface area contributed by atoms with Crippen LogP contribution in [0.25, 0.3) is 0 Å². The fraction of sp³-hybridized carbons (Fsp3) is 0.364. The Labute approximate surface area is 257 Å². The lowest BCUT2D eigenvalue weighted by Gasteiger charge is -2.38. The average molecular weight is 612 g/mol. The van der Waals surface area contributed by atoms with Crippen molar-refractivity contribution >= 4 is 28.5 Å². The van der Waals surface area contributed by atoms with E-state index in [0.29, 0.717) is 18.0 Å². The fourth-order valence-electron chi connectivity index (χ4n) is 5.38. The molecule has 0 N–H and O–H groups in total. The highest BCUT2D eigenvalue weighted by Crippen LogP contribution is 2.26. The van der Waals surface area contributed by atoms with E-state index in [1.165, 1.54) is 4.31 Å². The summed E-state index contributed by atoms with van der Waals surface area (Å²) < 4.78 is 33.5. The van der Waals surface area contributed by atoms with Gasteiger partial charge in [0.25, 0.3) is 0 Å². The van der Waals surface area contributed by atoms with Gasteiger partial charge in [0.2, 0.25) is 10.0 Å². The fourth-order valence-corrected chi connectivity index (χ4v) is 6.61. The Bertz CT molecular complexity index is 1340. The van der Waals surface area contributed by atoms with Crippen molar-refractivity contribution in [2.75, 3.05) is 39.8 Å². The van der Waals surface area contributed by atoms with Crippen LogP contribution in [0, 0.1) is 0 Å². The molecular formula is C33H42ClN3O4S. The topological polar surface area (TPSA) is 70.2 Å². The molecule has 7 nitrogen and oxygen atoms in total. The quantitative estimate of drug-likeness (QED) is 0.216. The first kappa shape index (κ1) is 33.3. The smallest absolute Gasteiger partial charge is 0.410 e. The van der Waals surface area contributed by atoms with E-state index in [1.54, 1.807) is 42.3 Å². The number of rotatable bonds is 13. The molecule has 1 aliphatic rings. The second-order valence-corrected chi connectivity index (χ2v) is 12.6. The molecule has 1 unspecified atom stereocenters. The van der Waals surface area contributed by atoms with Crippen LogP contribution in [0.1, 0.15) is 36.3 Å². The lowest BCUT2D eigenvalue weighted by molar-refractivity contribution is 0.0654. The van der Waals surface area contributed by atoms with Crippen LogP contribution in [0.3, 0.4) is 0 Å². The molecule has 1 aliphatic heterocycles. The number of halogens is 1. The van der Waals surface area contributed by atoms with Gasteiger partial charge in [0.05, 0.1) is 4.90 Å². The maximum atomic E-state index is 13.2. The molecule has 3 aromatic rings. The SMILES string of the molecule is C=CCN(C(=O)OCc1ccccc1)C1CCN(CCC(CN(C)S(=O)(=O)c2ccccc2)c2ccccc2)CC1.Cl. The van der Waals surface area contributed by atoms with Crippen LogP contribution in [-0.4, -0.2) is 74.4 Å². The van der Waals surface area contributed by atoms with Crippen molar-refractivity contribution in [2.24, 2.45) is 0 Å². The molecule has 42 heavy (non-hydrogen) atoms. The van der Waals surface area contributed by atoms with E-state index in [9.17, 15) is 13.2 Å². The third-order valence-corrected chi connectivity index (χ3v) is 9.59. The standard InChI is InChI=1S/C33H41N3O4S.ClH/c1-3-22-36(33(37)40-27-28-13-7-4-8-14-28)31-20-24-35(25-21-31)23-19-30(29-15-9-5-10-16-29)26-34(2)41(38,39)32-17-11-6-12-18-32;/h3-18,30-31H,1,19-27H2,2H3;1H. The van der Waals surface area contributed by atoms with Crippen LogP contribution in [0.15, 0.2) is 109 Å². The van der Waals surface area contributed by atoms with E-state index < -0.39 is 10.0 Å². The molecule has 0 aromatic heterocycles. The Morgan fingerprint density at radius 2 is 1.55 bits per heavy atom. The minimum absolute atomic E-state index is 0. The lowest BCUT2D eigenvalue weighted by Crippen LogP contribution is -2.48. The molecule has 0 radical (unpaired) electrons. The first-order valence-electron chi connectivity index (χ1n) is 14.3. The highest BCUT2D eigenvalue weighted by molar-refractivity contribution is 7.89. The second kappa shape index (κ2) is 16.5. The molecular weight excluding hydrogens is 570 g/mol. The Balaban J connectivity index is 0.00000484. The van der Waals surface area contributed by atoms with Gasteiger partial charge < -0.3 is 14.5 Å². The van der Waals surface area contributed by atoms with E-state index in [-0.39, 0.29) is 37.1 Å². The summed E-state index contributed by atoms with van der Waals surface area (Å²) >= 11 is 0. The number of nitrogens with zero attached hydrogens (tertiary/aromatic N) is 3. The van der Waals surface area contributed by atoms with Gasteiger partial charge in [-0.2, -0.15) is 0 Å². The summed E-state index contributed by atoms with van der Waals surface area (Å²) in [5.41, 5.74) is 2.10. The normalized spacial score (nSPS) is 15.0. The molecule has 226 valence electrons. The summed E-state index contributed by atoms with van der Waals surface area (Å²) in [6.45, 7) is 7.53. The molecule has 3 aromatic carbocycles. The second-order valence-electron chi connectivity index (χ2n) is 10.5. The average Bonchev–Trinajstić information content (AvgIpc) is 3.02. The van der Waals surface area contributed by atoms with E-state index in [2.05, 4.69) is 23.6 Å². The summed E-state index contributed by atoms with van der Waals surface area (Å²) in [5.74, 6) is 0.0580. The molecule has 1 heterocycles. The Hall–Kier alpha value is -3.17. The van der Waals surface area contributed by atoms with Gasteiger partial charge in [-0.25, -0.2) is 17.5 Å². The summed E-state index contributed by atoms with van der Waals surface area (Å²) in [5, 5.41) is 0. The van der Waals surface area contributed by atoms with Gasteiger partial charge in [-0.15, -0.1) is 19.0 Å². The first-order valence-corrected chi connectivity index (χ1v) is 15.7. The van der Waals surface area contributed by atoms with E-state index in [1.807, 2.05) is 54.6 Å². The van der Waals surface area contributed by atoms with Crippen molar-refractivity contribution in [1.29, 1.82) is 0 Å². The molecule has 1 amide bonds. The number of hydrogen-bond acceptors (Lipinski definition) is 5. The van der Waals surface area contributed by atoms with Gasteiger partial charge in [0.1, 0.15) is 6.61 Å². The number of carbonyl (C=O) groups is 1. The van der Waals surface area contributed by atoms with Gasteiger partial charge in [0.15, 0.2) is 0 Å². The lowest BCUT2D eigenvalue weighted by atomic mass is 9.94. The maximum Gasteiger partial charge on any atom is 0.410 e. The highest BCUT2D eigenvalue weighted by atomic mass is 35.5.